The van der Waals surface area contributed by atoms with Crippen LogP contribution >= 0.6 is 0 Å². The average Bonchev–Trinajstić information content (AvgIpc) is 3.15. The molecule has 1 aromatic rings. The molecule has 3 saturated heterocycles. The first-order chi connectivity index (χ1) is 11.9. The van der Waals surface area contributed by atoms with Crippen LogP contribution in [-0.4, -0.2) is 61.3 Å². The molecule has 1 aromatic carbocycles. The number of amides is 2. The zero-order chi connectivity index (χ0) is 17.8. The molecule has 25 heavy (non-hydrogen) atoms. The molecule has 5 nitrogen and oxygen atoms in total. The van der Waals surface area contributed by atoms with E-state index in [1.807, 2.05) is 17.0 Å². The van der Waals surface area contributed by atoms with E-state index < -0.39 is 0 Å². The van der Waals surface area contributed by atoms with Gasteiger partial charge in [0.15, 0.2) is 0 Å². The molecule has 0 saturated carbocycles. The van der Waals surface area contributed by atoms with E-state index in [-0.39, 0.29) is 11.6 Å². The van der Waals surface area contributed by atoms with Crippen molar-refractivity contribution in [2.75, 3.05) is 39.0 Å². The average molecular weight is 343 g/mol. The van der Waals surface area contributed by atoms with Gasteiger partial charge in [0.25, 0.3) is 0 Å². The Kier molecular flexibility index (Phi) is 4.04. The number of nitrogens with zero attached hydrogens (tertiary/aromatic N) is 2. The number of likely N-dealkylation sites (tertiary alicyclic amines) is 1. The fourth-order valence-corrected chi connectivity index (χ4v) is 5.26. The van der Waals surface area contributed by atoms with Crippen LogP contribution in [0.15, 0.2) is 18.2 Å². The monoisotopic (exact) mass is 343 g/mol. The van der Waals surface area contributed by atoms with Gasteiger partial charge in [-0.1, -0.05) is 6.07 Å². The zero-order valence-corrected chi connectivity index (χ0v) is 15.7. The molecule has 1 N–H and O–H groups in total. The lowest BCUT2D eigenvalue weighted by Gasteiger charge is -2.30. The van der Waals surface area contributed by atoms with E-state index in [1.54, 1.807) is 0 Å². The number of ether oxygens (including phenoxy) is 1. The highest BCUT2D eigenvalue weighted by Gasteiger charge is 2.63. The molecule has 0 aliphatic carbocycles. The number of fused-ring (bicyclic) bond motifs is 1. The number of benzene rings is 1. The number of urea groups is 1. The van der Waals surface area contributed by atoms with Crippen LogP contribution in [-0.2, 0) is 4.74 Å². The molecule has 0 aromatic heterocycles. The summed E-state index contributed by atoms with van der Waals surface area (Å²) < 4.78 is 6.42. The van der Waals surface area contributed by atoms with Gasteiger partial charge in [0, 0.05) is 30.6 Å². The molecule has 0 unspecified atom stereocenters. The number of nitrogens with one attached hydrogen (secondary N) is 1. The molecule has 4 atom stereocenters. The van der Waals surface area contributed by atoms with Gasteiger partial charge < -0.3 is 19.9 Å². The predicted molar refractivity (Wildman–Crippen MR) is 98.9 cm³/mol. The van der Waals surface area contributed by atoms with Crippen molar-refractivity contribution in [3.8, 4) is 0 Å². The van der Waals surface area contributed by atoms with Crippen LogP contribution in [0.4, 0.5) is 10.5 Å². The van der Waals surface area contributed by atoms with Crippen molar-refractivity contribution in [1.29, 1.82) is 0 Å². The summed E-state index contributed by atoms with van der Waals surface area (Å²) in [5.74, 6) is 1.02. The van der Waals surface area contributed by atoms with Crippen molar-refractivity contribution in [1.82, 2.24) is 9.80 Å². The first kappa shape index (κ1) is 16.9. The highest BCUT2D eigenvalue weighted by atomic mass is 16.5. The Balaban J connectivity index is 1.47. The Labute approximate surface area is 150 Å². The second kappa shape index (κ2) is 5.99. The molecule has 136 valence electrons. The minimum absolute atomic E-state index is 0.00410. The van der Waals surface area contributed by atoms with Crippen LogP contribution in [0.3, 0.4) is 0 Å². The van der Waals surface area contributed by atoms with E-state index in [1.165, 1.54) is 11.1 Å². The maximum Gasteiger partial charge on any atom is 0.321 e. The minimum atomic E-state index is -0.0921. The summed E-state index contributed by atoms with van der Waals surface area (Å²) in [6.45, 7) is 6.70. The molecule has 3 heterocycles. The standard InChI is InChI=1S/C20H29N3O2/c1-13-7-14(2)9-15(8-13)21-19(24)23-11-17-16(10-22(3)4)18-5-6-20(17,12-23)25-18/h7-9,16-18H,5-6,10-12H2,1-4H3,(H,21,24)/t16-,17+,18+,20+/m0/s1. The highest BCUT2D eigenvalue weighted by Crippen LogP contribution is 2.54. The third-order valence-electron chi connectivity index (χ3n) is 6.12. The molecule has 3 aliphatic heterocycles. The lowest BCUT2D eigenvalue weighted by molar-refractivity contribution is 0.00534. The van der Waals surface area contributed by atoms with Gasteiger partial charge >= 0.3 is 6.03 Å². The topological polar surface area (TPSA) is 44.8 Å². The van der Waals surface area contributed by atoms with E-state index in [0.717, 1.165) is 38.2 Å². The van der Waals surface area contributed by atoms with Crippen LogP contribution < -0.4 is 5.32 Å². The van der Waals surface area contributed by atoms with E-state index in [2.05, 4.69) is 44.2 Å². The van der Waals surface area contributed by atoms with Gasteiger partial charge in [0.05, 0.1) is 18.2 Å². The Morgan fingerprint density at radius 3 is 2.72 bits per heavy atom. The van der Waals surface area contributed by atoms with Crippen molar-refractivity contribution < 1.29 is 9.53 Å². The van der Waals surface area contributed by atoms with Gasteiger partial charge in [0.2, 0.25) is 0 Å². The summed E-state index contributed by atoms with van der Waals surface area (Å²) in [6, 6.07) is 6.17. The molecule has 5 heteroatoms. The van der Waals surface area contributed by atoms with Gasteiger partial charge in [0.1, 0.15) is 0 Å². The van der Waals surface area contributed by atoms with Gasteiger partial charge in [-0.05, 0) is 64.0 Å². The molecule has 3 aliphatic rings. The van der Waals surface area contributed by atoms with Crippen molar-refractivity contribution in [2.24, 2.45) is 11.8 Å². The van der Waals surface area contributed by atoms with Crippen LogP contribution in [0.1, 0.15) is 24.0 Å². The van der Waals surface area contributed by atoms with Crippen molar-refractivity contribution in [2.45, 2.75) is 38.4 Å². The highest BCUT2D eigenvalue weighted by molar-refractivity contribution is 5.90. The number of carbonyl (C=O) groups is 1. The smallest absolute Gasteiger partial charge is 0.321 e. The second-order valence-electron chi connectivity index (χ2n) is 8.48. The van der Waals surface area contributed by atoms with Crippen LogP contribution in [0, 0.1) is 25.7 Å². The second-order valence-corrected chi connectivity index (χ2v) is 8.48. The van der Waals surface area contributed by atoms with Crippen LogP contribution in [0.5, 0.6) is 0 Å². The largest absolute Gasteiger partial charge is 0.369 e. The third kappa shape index (κ3) is 2.93. The number of carbonyl (C=O) groups excluding carboxylic acids is 1. The first-order valence-corrected chi connectivity index (χ1v) is 9.33. The number of hydrogen-bond donors (Lipinski definition) is 1. The molecule has 2 bridgehead atoms. The minimum Gasteiger partial charge on any atom is -0.369 e. The Morgan fingerprint density at radius 1 is 1.32 bits per heavy atom. The summed E-state index contributed by atoms with van der Waals surface area (Å²) >= 11 is 0. The molecule has 1 spiro atoms. The normalized spacial score (nSPS) is 33.2. The van der Waals surface area contributed by atoms with E-state index in [4.69, 9.17) is 4.74 Å². The van der Waals surface area contributed by atoms with Gasteiger partial charge in [-0.25, -0.2) is 4.79 Å². The summed E-state index contributed by atoms with van der Waals surface area (Å²) in [5.41, 5.74) is 3.12. The lowest BCUT2D eigenvalue weighted by Crippen LogP contribution is -2.40. The summed E-state index contributed by atoms with van der Waals surface area (Å²) in [5, 5.41) is 3.09. The van der Waals surface area contributed by atoms with Gasteiger partial charge in [-0.3, -0.25) is 0 Å². The van der Waals surface area contributed by atoms with Crippen molar-refractivity contribution in [3.63, 3.8) is 0 Å². The zero-order valence-electron chi connectivity index (χ0n) is 15.7. The molecule has 2 amide bonds. The van der Waals surface area contributed by atoms with E-state index in [0.29, 0.717) is 17.9 Å². The third-order valence-corrected chi connectivity index (χ3v) is 6.12. The van der Waals surface area contributed by atoms with Crippen LogP contribution in [0.25, 0.3) is 0 Å². The molecule has 4 rings (SSSR count). The molecule has 0 radical (unpaired) electrons. The fourth-order valence-electron chi connectivity index (χ4n) is 5.26. The van der Waals surface area contributed by atoms with E-state index in [9.17, 15) is 4.79 Å². The van der Waals surface area contributed by atoms with Gasteiger partial charge in [-0.15, -0.1) is 0 Å². The van der Waals surface area contributed by atoms with Gasteiger partial charge in [-0.2, -0.15) is 0 Å². The van der Waals surface area contributed by atoms with Crippen molar-refractivity contribution >= 4 is 11.7 Å². The Hall–Kier alpha value is -1.59. The quantitative estimate of drug-likeness (QED) is 0.918. The summed E-state index contributed by atoms with van der Waals surface area (Å²) in [4.78, 5) is 17.0. The number of aryl methyl sites for hydroxylation is 2. The lowest BCUT2D eigenvalue weighted by atomic mass is 9.73. The van der Waals surface area contributed by atoms with E-state index >= 15 is 0 Å². The molecular formula is C20H29N3O2. The number of rotatable bonds is 3. The molecule has 3 fully saturated rings. The number of anilines is 1. The van der Waals surface area contributed by atoms with Crippen LogP contribution in [0.2, 0.25) is 0 Å². The molecular weight excluding hydrogens is 314 g/mol. The first-order valence-electron chi connectivity index (χ1n) is 9.33. The maximum atomic E-state index is 12.8. The fraction of sp³-hybridized carbons (Fsp3) is 0.650. The predicted octanol–water partition coefficient (Wildman–Crippen LogP) is 2.88. The number of hydrogen-bond acceptors (Lipinski definition) is 3. The summed E-state index contributed by atoms with van der Waals surface area (Å²) in [7, 11) is 4.25. The van der Waals surface area contributed by atoms with Crippen molar-refractivity contribution in [3.05, 3.63) is 29.3 Å². The Morgan fingerprint density at radius 2 is 2.04 bits per heavy atom. The Bertz CT molecular complexity index is 669. The SMILES string of the molecule is Cc1cc(C)cc(NC(=O)N2C[C@@H]3[C@H](CN(C)C)[C@H]4CC[C@]3(C2)O4)c1. The maximum absolute atomic E-state index is 12.8. The summed E-state index contributed by atoms with van der Waals surface area (Å²) in [6.07, 6.45) is 2.62.